The van der Waals surface area contributed by atoms with E-state index >= 15 is 0 Å². The number of H-pyrrole nitrogens is 1. The first kappa shape index (κ1) is 22.1. The van der Waals surface area contributed by atoms with Crippen LogP contribution in [-0.2, 0) is 29.7 Å². The highest BCUT2D eigenvalue weighted by atomic mass is 31.3. The lowest BCUT2D eigenvalue weighted by atomic mass is 10.1. The summed E-state index contributed by atoms with van der Waals surface area (Å²) in [6.07, 6.45) is -4.32. The number of phosphoric ester groups is 1. The molecular formula is C12H19N4O11P2+. The molecule has 3 rings (SSSR count). The molecule has 0 radical (unpaired) electrons. The van der Waals surface area contributed by atoms with Crippen molar-refractivity contribution in [1.29, 1.82) is 0 Å². The lowest BCUT2D eigenvalue weighted by Gasteiger charge is -2.17. The fourth-order valence-corrected chi connectivity index (χ4v) is 4.63. The lowest BCUT2D eigenvalue weighted by Crippen LogP contribution is -2.34. The summed E-state index contributed by atoms with van der Waals surface area (Å²) in [5.74, 6) is 0.0474. The normalized spacial score (nSPS) is 27.4. The van der Waals surface area contributed by atoms with Crippen LogP contribution in [0, 0.1) is 0 Å². The van der Waals surface area contributed by atoms with Crippen LogP contribution < -0.4 is 15.9 Å². The van der Waals surface area contributed by atoms with Gasteiger partial charge in [0.25, 0.3) is 0 Å². The van der Waals surface area contributed by atoms with Gasteiger partial charge in [-0.25, -0.2) is 13.7 Å². The predicted octanol–water partition coefficient (Wildman–Crippen LogP) is -2.42. The van der Waals surface area contributed by atoms with E-state index < -0.39 is 52.4 Å². The van der Waals surface area contributed by atoms with Gasteiger partial charge in [-0.15, -0.1) is 0 Å². The zero-order valence-corrected chi connectivity index (χ0v) is 16.5. The Kier molecular flexibility index (Phi) is 5.75. The Morgan fingerprint density at radius 3 is 2.59 bits per heavy atom. The van der Waals surface area contributed by atoms with E-state index in [0.717, 1.165) is 0 Å². The third-order valence-electron chi connectivity index (χ3n) is 4.16. The summed E-state index contributed by atoms with van der Waals surface area (Å²) in [5.41, 5.74) is 5.64. The van der Waals surface area contributed by atoms with Crippen molar-refractivity contribution in [3.05, 3.63) is 22.7 Å². The molecule has 15 nitrogen and oxygen atoms in total. The molecule has 1 aliphatic heterocycles. The van der Waals surface area contributed by atoms with Crippen LogP contribution in [0.4, 0.5) is 5.82 Å². The number of aliphatic hydroxyl groups is 2. The largest absolute Gasteiger partial charge is 0.481 e. The molecule has 2 aromatic heterocycles. The van der Waals surface area contributed by atoms with Gasteiger partial charge in [-0.3, -0.25) is 9.32 Å². The summed E-state index contributed by atoms with van der Waals surface area (Å²) in [4.78, 5) is 41.0. The fraction of sp³-hybridized carbons (Fsp3) is 0.500. The third-order valence-corrected chi connectivity index (χ3v) is 6.31. The number of nitrogens with one attached hydrogen (secondary N) is 1. The highest BCUT2D eigenvalue weighted by Gasteiger charge is 2.48. The minimum Gasteiger partial charge on any atom is -0.387 e. The fourth-order valence-electron chi connectivity index (χ4n) is 3.03. The summed E-state index contributed by atoms with van der Waals surface area (Å²) >= 11 is 0. The molecule has 1 aliphatic rings. The molecule has 0 aromatic carbocycles. The minimum atomic E-state index is -5.31. The van der Waals surface area contributed by atoms with Gasteiger partial charge in [0.2, 0.25) is 18.1 Å². The maximum atomic E-state index is 12.1. The summed E-state index contributed by atoms with van der Waals surface area (Å²) < 4.78 is 38.5. The molecule has 0 amide bonds. The van der Waals surface area contributed by atoms with Crippen molar-refractivity contribution in [1.82, 2.24) is 9.55 Å². The Balaban J connectivity index is 1.84. The van der Waals surface area contributed by atoms with Crippen LogP contribution >= 0.6 is 15.6 Å². The second-order valence-corrected chi connectivity index (χ2v) is 9.13. The Hall–Kier alpha value is -1.64. The van der Waals surface area contributed by atoms with Crippen LogP contribution in [0.5, 0.6) is 0 Å². The van der Waals surface area contributed by atoms with E-state index in [0.29, 0.717) is 0 Å². The molecule has 1 unspecified atom stereocenters. The average molecular weight is 457 g/mol. The lowest BCUT2D eigenvalue weighted by molar-refractivity contribution is -0.646. The van der Waals surface area contributed by atoms with Crippen molar-refractivity contribution in [2.24, 2.45) is 7.05 Å². The molecule has 0 aliphatic carbocycles. The Morgan fingerprint density at radius 2 is 1.97 bits per heavy atom. The maximum Gasteiger partial charge on any atom is 0.481 e. The Labute approximate surface area is 161 Å². The van der Waals surface area contributed by atoms with Gasteiger partial charge in [0, 0.05) is 6.07 Å². The van der Waals surface area contributed by atoms with E-state index in [1.54, 1.807) is 7.05 Å². The maximum absolute atomic E-state index is 12.1. The molecular weight excluding hydrogens is 438 g/mol. The second kappa shape index (κ2) is 7.56. The van der Waals surface area contributed by atoms with Crippen molar-refractivity contribution in [2.75, 3.05) is 12.3 Å². The van der Waals surface area contributed by atoms with Gasteiger partial charge in [0.05, 0.1) is 13.7 Å². The topological polar surface area (TPSA) is 231 Å². The van der Waals surface area contributed by atoms with E-state index in [1.165, 1.54) is 21.5 Å². The smallest absolute Gasteiger partial charge is 0.387 e. The first-order valence-corrected chi connectivity index (χ1v) is 11.0. The number of hydrogen-bond donors (Lipinski definition) is 7. The molecule has 1 fully saturated rings. The zero-order chi connectivity index (χ0) is 21.7. The standard InChI is InChI=1S/C12H18N4O11P2/c1-15-4-16(5-2-7(13)14-11(19)8(5)15)12-10(18)9(17)6(26-12)3-25-29(23,24)27-28(20,21)22/h2,4,6,9-10,12,17-18H,3H2,1H3,(H5-,13,14,19,20,21,22,23,24)/p+1/t6-,9-,10-,12-/m1/s1. The van der Waals surface area contributed by atoms with Gasteiger partial charge >= 0.3 is 21.2 Å². The van der Waals surface area contributed by atoms with E-state index in [2.05, 4.69) is 13.8 Å². The number of aryl methyl sites for hydroxylation is 1. The van der Waals surface area contributed by atoms with Crippen molar-refractivity contribution in [2.45, 2.75) is 24.5 Å². The second-order valence-electron chi connectivity index (χ2n) is 6.30. The molecule has 1 saturated heterocycles. The first-order chi connectivity index (χ1) is 13.3. The third kappa shape index (κ3) is 4.59. The summed E-state index contributed by atoms with van der Waals surface area (Å²) in [5, 5.41) is 20.5. The van der Waals surface area contributed by atoms with Crippen molar-refractivity contribution < 1.29 is 52.2 Å². The van der Waals surface area contributed by atoms with Crippen LogP contribution in [0.2, 0.25) is 0 Å². The number of phosphoric acid groups is 2. The van der Waals surface area contributed by atoms with Crippen LogP contribution in [0.3, 0.4) is 0 Å². The van der Waals surface area contributed by atoms with E-state index in [-0.39, 0.29) is 16.9 Å². The SMILES string of the molecule is C[n+]1cn([C@@H]2O[C@H](COP(=O)(O)OP(=O)(O)O)[C@@H](O)[C@H]2O)c2cc(N)[nH]c(=O)c21. The highest BCUT2D eigenvalue weighted by molar-refractivity contribution is 7.60. The molecule has 8 N–H and O–H groups in total. The van der Waals surface area contributed by atoms with E-state index in [4.69, 9.17) is 20.3 Å². The number of imidazole rings is 1. The van der Waals surface area contributed by atoms with Crippen molar-refractivity contribution >= 4 is 32.5 Å². The van der Waals surface area contributed by atoms with Crippen LogP contribution in [0.15, 0.2) is 17.2 Å². The number of aliphatic hydroxyl groups excluding tert-OH is 2. The molecule has 5 atom stereocenters. The van der Waals surface area contributed by atoms with Gasteiger partial charge in [-0.1, -0.05) is 0 Å². The number of hydrogen-bond acceptors (Lipinski definition) is 9. The van der Waals surface area contributed by atoms with Gasteiger partial charge < -0.3 is 40.3 Å². The van der Waals surface area contributed by atoms with Crippen LogP contribution in [0.25, 0.3) is 11.0 Å². The van der Waals surface area contributed by atoms with Gasteiger partial charge in [0.15, 0.2) is 5.52 Å². The molecule has 0 bridgehead atoms. The number of aromatic amines is 1. The number of rotatable bonds is 6. The number of pyridine rings is 1. The predicted molar refractivity (Wildman–Crippen MR) is 93.0 cm³/mol. The van der Waals surface area contributed by atoms with Crippen LogP contribution in [0.1, 0.15) is 6.23 Å². The van der Waals surface area contributed by atoms with E-state index in [1.807, 2.05) is 0 Å². The van der Waals surface area contributed by atoms with Gasteiger partial charge in [-0.2, -0.15) is 8.88 Å². The summed E-state index contributed by atoms with van der Waals surface area (Å²) in [6, 6.07) is 1.42. The molecule has 2 aromatic rings. The number of nitrogen functional groups attached to an aromatic ring is 1. The van der Waals surface area contributed by atoms with Crippen molar-refractivity contribution in [3.63, 3.8) is 0 Å². The van der Waals surface area contributed by atoms with Gasteiger partial charge in [-0.05, 0) is 0 Å². The number of fused-ring (bicyclic) bond motifs is 1. The van der Waals surface area contributed by atoms with E-state index in [9.17, 15) is 29.0 Å². The Bertz CT molecular complexity index is 1080. The molecule has 3 heterocycles. The molecule has 162 valence electrons. The zero-order valence-electron chi connectivity index (χ0n) is 14.7. The number of nitrogens with zero attached hydrogens (tertiary/aromatic N) is 2. The average Bonchev–Trinajstić information content (AvgIpc) is 3.01. The molecule has 29 heavy (non-hydrogen) atoms. The van der Waals surface area contributed by atoms with Crippen molar-refractivity contribution in [3.8, 4) is 0 Å². The Morgan fingerprint density at radius 1 is 1.31 bits per heavy atom. The molecule has 0 spiro atoms. The van der Waals surface area contributed by atoms with Crippen LogP contribution in [-0.4, -0.2) is 59.4 Å². The molecule has 0 saturated carbocycles. The molecule has 17 heteroatoms. The van der Waals surface area contributed by atoms with Gasteiger partial charge in [0.1, 0.15) is 24.1 Å². The number of nitrogens with two attached hydrogens (primary N) is 1. The summed E-state index contributed by atoms with van der Waals surface area (Å²) in [7, 11) is -8.91. The quantitative estimate of drug-likeness (QED) is 0.177. The first-order valence-electron chi connectivity index (χ1n) is 7.94. The number of aromatic nitrogens is 3. The highest BCUT2D eigenvalue weighted by Crippen LogP contribution is 2.57. The summed E-state index contributed by atoms with van der Waals surface area (Å²) in [6.45, 7) is -0.837. The number of ether oxygens (including phenoxy) is 1. The minimum absolute atomic E-state index is 0.0474. The monoisotopic (exact) mass is 457 g/mol. The number of anilines is 1.